The van der Waals surface area contributed by atoms with E-state index in [0.29, 0.717) is 6.54 Å². The lowest BCUT2D eigenvalue weighted by Crippen LogP contribution is -2.60. The lowest BCUT2D eigenvalue weighted by atomic mass is 9.83. The van der Waals surface area contributed by atoms with Crippen molar-refractivity contribution in [1.29, 1.82) is 0 Å². The molecule has 194 valence electrons. The van der Waals surface area contributed by atoms with Gasteiger partial charge in [-0.25, -0.2) is 4.79 Å². The van der Waals surface area contributed by atoms with Crippen molar-refractivity contribution in [3.63, 3.8) is 0 Å². The molecule has 1 saturated heterocycles. The summed E-state index contributed by atoms with van der Waals surface area (Å²) in [6.45, 7) is 10.8. The first-order valence-corrected chi connectivity index (χ1v) is 13.8. The molecule has 2 aliphatic carbocycles. The molecule has 3 N–H and O–H groups in total. The van der Waals surface area contributed by atoms with Crippen LogP contribution in [0.4, 0.5) is 4.79 Å². The van der Waals surface area contributed by atoms with Gasteiger partial charge in [0.1, 0.15) is 12.1 Å². The molecule has 0 radical (unpaired) electrons. The van der Waals surface area contributed by atoms with Crippen molar-refractivity contribution in [3.8, 4) is 0 Å². The van der Waals surface area contributed by atoms with Gasteiger partial charge in [0.05, 0.1) is 0 Å². The van der Waals surface area contributed by atoms with Crippen molar-refractivity contribution in [2.24, 2.45) is 17.8 Å². The van der Waals surface area contributed by atoms with Crippen molar-refractivity contribution in [1.82, 2.24) is 20.9 Å². The van der Waals surface area contributed by atoms with Crippen LogP contribution in [-0.4, -0.2) is 53.0 Å². The predicted molar refractivity (Wildman–Crippen MR) is 135 cm³/mol. The predicted octanol–water partition coefficient (Wildman–Crippen LogP) is 4.36. The van der Waals surface area contributed by atoms with Crippen molar-refractivity contribution in [3.05, 3.63) is 0 Å². The van der Waals surface area contributed by atoms with Gasteiger partial charge in [0.25, 0.3) is 0 Å². The fraction of sp³-hybridized carbons (Fsp3) is 0.889. The maximum atomic E-state index is 13.7. The van der Waals surface area contributed by atoms with Crippen molar-refractivity contribution < 1.29 is 14.4 Å². The van der Waals surface area contributed by atoms with Gasteiger partial charge in [0.2, 0.25) is 11.8 Å². The second kappa shape index (κ2) is 11.8. The van der Waals surface area contributed by atoms with Crippen LogP contribution in [0.15, 0.2) is 0 Å². The fourth-order valence-corrected chi connectivity index (χ4v) is 5.97. The van der Waals surface area contributed by atoms with Crippen molar-refractivity contribution >= 4 is 17.8 Å². The highest BCUT2D eigenvalue weighted by atomic mass is 16.2. The lowest BCUT2D eigenvalue weighted by molar-refractivity contribution is -0.141. The number of hydrogen-bond acceptors (Lipinski definition) is 3. The Labute approximate surface area is 206 Å². The monoisotopic (exact) mass is 476 g/mol. The largest absolute Gasteiger partial charge is 0.352 e. The van der Waals surface area contributed by atoms with Crippen molar-refractivity contribution in [2.45, 2.75) is 129 Å². The molecule has 0 aromatic carbocycles. The van der Waals surface area contributed by atoms with E-state index in [2.05, 4.69) is 36.7 Å². The third-order valence-electron chi connectivity index (χ3n) is 8.10. The average molecular weight is 477 g/mol. The summed E-state index contributed by atoms with van der Waals surface area (Å²) in [7, 11) is 0. The third-order valence-corrected chi connectivity index (χ3v) is 8.10. The Bertz CT molecular complexity index is 715. The number of likely N-dealkylation sites (tertiary alicyclic amines) is 1. The number of amides is 4. The summed E-state index contributed by atoms with van der Waals surface area (Å²) in [5.41, 5.74) is -0.215. The Morgan fingerprint density at radius 1 is 1.00 bits per heavy atom. The number of rotatable bonds is 10. The maximum absolute atomic E-state index is 13.7. The van der Waals surface area contributed by atoms with Gasteiger partial charge in [-0.2, -0.15) is 0 Å². The van der Waals surface area contributed by atoms with E-state index in [1.165, 1.54) is 19.3 Å². The molecule has 4 unspecified atom stereocenters. The quantitative estimate of drug-likeness (QED) is 0.438. The minimum Gasteiger partial charge on any atom is -0.352 e. The molecule has 1 heterocycles. The molecule has 7 nitrogen and oxygen atoms in total. The van der Waals surface area contributed by atoms with Gasteiger partial charge in [0, 0.05) is 18.1 Å². The summed E-state index contributed by atoms with van der Waals surface area (Å²) in [6.07, 6.45) is 11.7. The standard InChI is InChI=1S/C27H48N4O3/c1-6-10-21-13-16-31(23(21)24(32)28-19(4)17-20-11-12-20)25(33)22(18(2)3)29-26(34)30-27(5)14-8-7-9-15-27/h18-23H,6-17H2,1-5H3,(H,28,32)(H2,29,30,34). The molecule has 1 aliphatic heterocycles. The van der Waals surface area contributed by atoms with E-state index < -0.39 is 12.1 Å². The van der Waals surface area contributed by atoms with Gasteiger partial charge >= 0.3 is 6.03 Å². The molecular weight excluding hydrogens is 428 g/mol. The van der Waals surface area contributed by atoms with Crippen LogP contribution in [0.2, 0.25) is 0 Å². The minimum atomic E-state index is -0.647. The molecular formula is C27H48N4O3. The number of nitrogens with one attached hydrogen (secondary N) is 3. The number of carbonyl (C=O) groups excluding carboxylic acids is 3. The Morgan fingerprint density at radius 3 is 2.26 bits per heavy atom. The van der Waals surface area contributed by atoms with Crippen molar-refractivity contribution in [2.75, 3.05) is 6.54 Å². The van der Waals surface area contributed by atoms with E-state index in [0.717, 1.165) is 57.3 Å². The lowest BCUT2D eigenvalue weighted by Gasteiger charge is -2.36. The van der Waals surface area contributed by atoms with Crippen LogP contribution < -0.4 is 16.0 Å². The van der Waals surface area contributed by atoms with Crippen LogP contribution in [0.5, 0.6) is 0 Å². The van der Waals surface area contributed by atoms with E-state index in [1.807, 2.05) is 13.8 Å². The summed E-state index contributed by atoms with van der Waals surface area (Å²) in [4.78, 5) is 41.8. The van der Waals surface area contributed by atoms with E-state index in [9.17, 15) is 14.4 Å². The van der Waals surface area contributed by atoms with Gasteiger partial charge in [-0.15, -0.1) is 0 Å². The van der Waals surface area contributed by atoms with Gasteiger partial charge in [-0.3, -0.25) is 9.59 Å². The van der Waals surface area contributed by atoms with Crippen LogP contribution in [0.1, 0.15) is 105 Å². The second-order valence-electron chi connectivity index (χ2n) is 11.8. The molecule has 0 bridgehead atoms. The highest BCUT2D eigenvalue weighted by Crippen LogP contribution is 2.34. The molecule has 0 aromatic rings. The van der Waals surface area contributed by atoms with Gasteiger partial charge < -0.3 is 20.9 Å². The van der Waals surface area contributed by atoms with E-state index in [4.69, 9.17) is 0 Å². The molecule has 0 spiro atoms. The molecule has 34 heavy (non-hydrogen) atoms. The third kappa shape index (κ3) is 7.11. The topological polar surface area (TPSA) is 90.5 Å². The Balaban J connectivity index is 1.67. The molecule has 3 aliphatic rings. The minimum absolute atomic E-state index is 0.0286. The zero-order chi connectivity index (χ0) is 24.9. The Hall–Kier alpha value is -1.79. The highest BCUT2D eigenvalue weighted by molar-refractivity contribution is 5.93. The Kier molecular flexibility index (Phi) is 9.27. The number of urea groups is 1. The number of carbonyl (C=O) groups is 3. The van der Waals surface area contributed by atoms with Gasteiger partial charge in [-0.05, 0) is 63.7 Å². The van der Waals surface area contributed by atoms with E-state index in [1.54, 1.807) is 4.90 Å². The summed E-state index contributed by atoms with van der Waals surface area (Å²) in [5.74, 6) is 0.679. The summed E-state index contributed by atoms with van der Waals surface area (Å²) >= 11 is 0. The van der Waals surface area contributed by atoms with E-state index >= 15 is 0 Å². The molecule has 0 aromatic heterocycles. The molecule has 3 fully saturated rings. The van der Waals surface area contributed by atoms with Gasteiger partial charge in [-0.1, -0.05) is 59.3 Å². The zero-order valence-corrected chi connectivity index (χ0v) is 22.1. The number of nitrogens with zero attached hydrogens (tertiary/aromatic N) is 1. The van der Waals surface area contributed by atoms with E-state index in [-0.39, 0.29) is 41.3 Å². The zero-order valence-electron chi connectivity index (χ0n) is 22.1. The SMILES string of the molecule is CCCC1CCN(C(=O)C(NC(=O)NC2(C)CCCCC2)C(C)C)C1C(=O)NC(C)CC1CC1. The smallest absolute Gasteiger partial charge is 0.315 e. The second-order valence-corrected chi connectivity index (χ2v) is 11.8. The molecule has 2 saturated carbocycles. The molecule has 4 amide bonds. The summed E-state index contributed by atoms with van der Waals surface area (Å²) < 4.78 is 0. The number of hydrogen-bond donors (Lipinski definition) is 3. The molecule has 7 heteroatoms. The van der Waals surface area contributed by atoms with Gasteiger partial charge in [0.15, 0.2) is 0 Å². The first-order valence-electron chi connectivity index (χ1n) is 13.8. The van der Waals surface area contributed by atoms with Crippen LogP contribution in [0.3, 0.4) is 0 Å². The van der Waals surface area contributed by atoms with Crippen LogP contribution in [0.25, 0.3) is 0 Å². The first kappa shape index (κ1) is 26.8. The van der Waals surface area contributed by atoms with Crippen LogP contribution in [-0.2, 0) is 9.59 Å². The van der Waals surface area contributed by atoms with Crippen LogP contribution in [0, 0.1) is 17.8 Å². The molecule has 4 atom stereocenters. The maximum Gasteiger partial charge on any atom is 0.315 e. The summed E-state index contributed by atoms with van der Waals surface area (Å²) in [5, 5.41) is 9.32. The fourth-order valence-electron chi connectivity index (χ4n) is 5.97. The average Bonchev–Trinajstić information content (AvgIpc) is 3.47. The Morgan fingerprint density at radius 2 is 1.68 bits per heavy atom. The highest BCUT2D eigenvalue weighted by Gasteiger charge is 2.44. The first-order chi connectivity index (χ1) is 16.1. The normalized spacial score (nSPS) is 26.1. The van der Waals surface area contributed by atoms with Crippen LogP contribution >= 0.6 is 0 Å². The summed E-state index contributed by atoms with van der Waals surface area (Å²) in [6, 6.07) is -1.25. The molecule has 3 rings (SSSR count).